The van der Waals surface area contributed by atoms with Crippen LogP contribution in [0.4, 0.5) is 0 Å². The summed E-state index contributed by atoms with van der Waals surface area (Å²) >= 11 is 0. The standard InChI is InChI=1S/C18H23N3O4S/c1-25-17-9-4-3-7-15(17)13-20-18(22)10-12-21(26(2,23)24)14-16-8-5-6-11-19-16/h3-9,11H,10,12-14H2,1-2H3,(H,20,22). The number of carbonyl (C=O) groups excluding carboxylic acids is 1. The number of nitrogens with zero attached hydrogens (tertiary/aromatic N) is 2. The molecule has 0 bridgehead atoms. The number of carbonyl (C=O) groups is 1. The van der Waals surface area contributed by atoms with Crippen LogP contribution < -0.4 is 10.1 Å². The van der Waals surface area contributed by atoms with Crippen molar-refractivity contribution in [3.8, 4) is 5.75 Å². The highest BCUT2D eigenvalue weighted by Gasteiger charge is 2.18. The summed E-state index contributed by atoms with van der Waals surface area (Å²) in [5, 5.41) is 2.79. The molecule has 0 fully saturated rings. The van der Waals surface area contributed by atoms with Gasteiger partial charge in [0.05, 0.1) is 25.6 Å². The molecule has 0 spiro atoms. The first-order valence-corrected chi connectivity index (χ1v) is 9.98. The highest BCUT2D eigenvalue weighted by molar-refractivity contribution is 7.88. The molecular weight excluding hydrogens is 354 g/mol. The van der Waals surface area contributed by atoms with Crippen molar-refractivity contribution in [3.63, 3.8) is 0 Å². The summed E-state index contributed by atoms with van der Waals surface area (Å²) in [5.41, 5.74) is 1.49. The topological polar surface area (TPSA) is 88.6 Å². The second kappa shape index (κ2) is 9.30. The van der Waals surface area contributed by atoms with E-state index in [2.05, 4.69) is 10.3 Å². The van der Waals surface area contributed by atoms with Crippen molar-refractivity contribution in [1.29, 1.82) is 0 Å². The van der Waals surface area contributed by atoms with Crippen molar-refractivity contribution in [2.24, 2.45) is 0 Å². The van der Waals surface area contributed by atoms with Gasteiger partial charge < -0.3 is 10.1 Å². The number of para-hydroxylation sites is 1. The third-order valence-corrected chi connectivity index (χ3v) is 5.04. The van der Waals surface area contributed by atoms with Crippen LogP contribution in [0.2, 0.25) is 0 Å². The highest BCUT2D eigenvalue weighted by Crippen LogP contribution is 2.16. The Labute approximate surface area is 154 Å². The van der Waals surface area contributed by atoms with Crippen LogP contribution in [0.1, 0.15) is 17.7 Å². The first kappa shape index (κ1) is 19.9. The fourth-order valence-corrected chi connectivity index (χ4v) is 3.18. The molecular formula is C18H23N3O4S. The molecule has 0 saturated carbocycles. The summed E-state index contributed by atoms with van der Waals surface area (Å²) < 4.78 is 30.4. The molecule has 0 aliphatic heterocycles. The third-order valence-electron chi connectivity index (χ3n) is 3.79. The van der Waals surface area contributed by atoms with Gasteiger partial charge in [-0.25, -0.2) is 8.42 Å². The quantitative estimate of drug-likeness (QED) is 0.716. The van der Waals surface area contributed by atoms with Gasteiger partial charge in [0, 0.05) is 31.3 Å². The lowest BCUT2D eigenvalue weighted by molar-refractivity contribution is -0.121. The van der Waals surface area contributed by atoms with Gasteiger partial charge in [-0.1, -0.05) is 24.3 Å². The molecule has 1 aromatic heterocycles. The van der Waals surface area contributed by atoms with Gasteiger partial charge in [0.25, 0.3) is 0 Å². The third kappa shape index (κ3) is 6.12. The normalized spacial score (nSPS) is 11.3. The molecule has 8 heteroatoms. The predicted molar refractivity (Wildman–Crippen MR) is 98.9 cm³/mol. The second-order valence-corrected chi connectivity index (χ2v) is 7.74. The number of rotatable bonds is 9. The number of hydrogen-bond acceptors (Lipinski definition) is 5. The maximum absolute atomic E-state index is 12.1. The molecule has 0 unspecified atom stereocenters. The molecule has 0 aliphatic rings. The lowest BCUT2D eigenvalue weighted by Gasteiger charge is -2.19. The number of sulfonamides is 1. The van der Waals surface area contributed by atoms with E-state index in [0.29, 0.717) is 18.0 Å². The summed E-state index contributed by atoms with van der Waals surface area (Å²) in [7, 11) is -1.87. The van der Waals surface area contributed by atoms with Gasteiger partial charge in [0.15, 0.2) is 0 Å². The first-order chi connectivity index (χ1) is 12.4. The van der Waals surface area contributed by atoms with Gasteiger partial charge >= 0.3 is 0 Å². The summed E-state index contributed by atoms with van der Waals surface area (Å²) in [6.07, 6.45) is 2.80. The van der Waals surface area contributed by atoms with E-state index >= 15 is 0 Å². The Morgan fingerprint density at radius 3 is 2.58 bits per heavy atom. The van der Waals surface area contributed by atoms with E-state index < -0.39 is 10.0 Å². The van der Waals surface area contributed by atoms with Crippen molar-refractivity contribution >= 4 is 15.9 Å². The van der Waals surface area contributed by atoms with Crippen LogP contribution in [0.5, 0.6) is 5.75 Å². The number of methoxy groups -OCH3 is 1. The molecule has 140 valence electrons. The van der Waals surface area contributed by atoms with Gasteiger partial charge in [0.2, 0.25) is 15.9 Å². The van der Waals surface area contributed by atoms with E-state index in [-0.39, 0.29) is 25.4 Å². The lowest BCUT2D eigenvalue weighted by atomic mass is 10.2. The molecule has 1 aromatic carbocycles. The Bertz CT molecular complexity index is 825. The van der Waals surface area contributed by atoms with Gasteiger partial charge in [0.1, 0.15) is 5.75 Å². The predicted octanol–water partition coefficient (Wildman–Crippen LogP) is 1.56. The van der Waals surface area contributed by atoms with Crippen LogP contribution in [0.3, 0.4) is 0 Å². The van der Waals surface area contributed by atoms with E-state index in [0.717, 1.165) is 11.8 Å². The Morgan fingerprint density at radius 1 is 1.19 bits per heavy atom. The fourth-order valence-electron chi connectivity index (χ4n) is 2.39. The maximum atomic E-state index is 12.1. The van der Waals surface area contributed by atoms with Crippen molar-refractivity contribution in [3.05, 3.63) is 59.9 Å². The molecule has 26 heavy (non-hydrogen) atoms. The van der Waals surface area contributed by atoms with Crippen molar-refractivity contribution in [2.45, 2.75) is 19.5 Å². The van der Waals surface area contributed by atoms with Gasteiger partial charge in [-0.15, -0.1) is 0 Å². The van der Waals surface area contributed by atoms with Crippen LogP contribution in [-0.2, 0) is 27.9 Å². The number of amides is 1. The first-order valence-electron chi connectivity index (χ1n) is 8.14. The van der Waals surface area contributed by atoms with E-state index in [1.54, 1.807) is 31.5 Å². The van der Waals surface area contributed by atoms with E-state index in [1.807, 2.05) is 24.3 Å². The minimum atomic E-state index is -3.44. The number of pyridine rings is 1. The zero-order chi connectivity index (χ0) is 19.0. The zero-order valence-electron chi connectivity index (χ0n) is 14.9. The summed E-state index contributed by atoms with van der Waals surface area (Å²) in [6.45, 7) is 0.550. The Morgan fingerprint density at radius 2 is 1.92 bits per heavy atom. The fraction of sp³-hybridized carbons (Fsp3) is 0.333. The average molecular weight is 377 g/mol. The van der Waals surface area contributed by atoms with Gasteiger partial charge in [-0.2, -0.15) is 4.31 Å². The SMILES string of the molecule is COc1ccccc1CNC(=O)CCN(Cc1ccccn1)S(C)(=O)=O. The van der Waals surface area contributed by atoms with Crippen molar-refractivity contribution in [2.75, 3.05) is 19.9 Å². The summed E-state index contributed by atoms with van der Waals surface area (Å²) in [5.74, 6) is 0.464. The van der Waals surface area contributed by atoms with Gasteiger partial charge in [-0.05, 0) is 18.2 Å². The van der Waals surface area contributed by atoms with Crippen LogP contribution in [-0.4, -0.2) is 43.5 Å². The maximum Gasteiger partial charge on any atom is 0.221 e. The Hall–Kier alpha value is -2.45. The molecule has 2 aromatic rings. The number of aromatic nitrogens is 1. The van der Waals surface area contributed by atoms with Crippen LogP contribution >= 0.6 is 0 Å². The van der Waals surface area contributed by atoms with Crippen molar-refractivity contribution < 1.29 is 17.9 Å². The minimum Gasteiger partial charge on any atom is -0.496 e. The Kier molecular flexibility index (Phi) is 7.11. The van der Waals surface area contributed by atoms with Crippen molar-refractivity contribution in [1.82, 2.24) is 14.6 Å². The molecule has 2 rings (SSSR count). The van der Waals surface area contributed by atoms with E-state index in [9.17, 15) is 13.2 Å². The monoisotopic (exact) mass is 377 g/mol. The largest absolute Gasteiger partial charge is 0.496 e. The number of hydrogen-bond donors (Lipinski definition) is 1. The smallest absolute Gasteiger partial charge is 0.221 e. The minimum absolute atomic E-state index is 0.0645. The summed E-state index contributed by atoms with van der Waals surface area (Å²) in [4.78, 5) is 16.2. The van der Waals surface area contributed by atoms with Gasteiger partial charge in [-0.3, -0.25) is 9.78 Å². The highest BCUT2D eigenvalue weighted by atomic mass is 32.2. The van der Waals surface area contributed by atoms with Crippen LogP contribution in [0.25, 0.3) is 0 Å². The van der Waals surface area contributed by atoms with E-state index in [4.69, 9.17) is 4.74 Å². The molecule has 0 atom stereocenters. The Balaban J connectivity index is 1.90. The van der Waals surface area contributed by atoms with Crippen LogP contribution in [0.15, 0.2) is 48.7 Å². The second-order valence-electron chi connectivity index (χ2n) is 5.76. The molecule has 1 heterocycles. The zero-order valence-corrected chi connectivity index (χ0v) is 15.7. The molecule has 0 aliphatic carbocycles. The molecule has 1 N–H and O–H groups in total. The summed E-state index contributed by atoms with van der Waals surface area (Å²) in [6, 6.07) is 12.7. The number of ether oxygens (including phenoxy) is 1. The molecule has 0 radical (unpaired) electrons. The van der Waals surface area contributed by atoms with Crippen LogP contribution in [0, 0.1) is 0 Å². The number of benzene rings is 1. The number of nitrogens with one attached hydrogen (secondary N) is 1. The van der Waals surface area contributed by atoms with E-state index in [1.165, 1.54) is 4.31 Å². The molecule has 1 amide bonds. The molecule has 0 saturated heterocycles. The molecule has 7 nitrogen and oxygen atoms in total. The average Bonchev–Trinajstić information content (AvgIpc) is 2.63. The lowest BCUT2D eigenvalue weighted by Crippen LogP contribution is -2.34.